The van der Waals surface area contributed by atoms with E-state index >= 15 is 0 Å². The molecule has 0 aromatic heterocycles. The van der Waals surface area contributed by atoms with Crippen LogP contribution < -0.4 is 5.32 Å². The Kier molecular flexibility index (Phi) is 5.75. The Morgan fingerprint density at radius 1 is 1.41 bits per heavy atom. The minimum absolute atomic E-state index is 0.0243. The summed E-state index contributed by atoms with van der Waals surface area (Å²) >= 11 is 3.35. The first kappa shape index (κ1) is 13.8. The van der Waals surface area contributed by atoms with E-state index in [1.807, 2.05) is 31.2 Å². The van der Waals surface area contributed by atoms with E-state index in [1.54, 1.807) is 6.08 Å². The maximum Gasteiger partial charge on any atom is 0.228 e. The topological polar surface area (TPSA) is 29.1 Å². The highest BCUT2D eigenvalue weighted by Gasteiger charge is 1.98. The minimum atomic E-state index is -0.0243. The van der Waals surface area contributed by atoms with Crippen molar-refractivity contribution < 1.29 is 4.79 Å². The SMILES string of the molecule is CCC(C)=C=CCC(=O)Nc1ccc(Br)cc1. The van der Waals surface area contributed by atoms with Crippen molar-refractivity contribution in [1.29, 1.82) is 0 Å². The molecule has 0 saturated carbocycles. The summed E-state index contributed by atoms with van der Waals surface area (Å²) in [6.07, 6.45) is 3.09. The molecule has 0 aliphatic heterocycles. The molecule has 90 valence electrons. The van der Waals surface area contributed by atoms with E-state index in [0.29, 0.717) is 6.42 Å². The van der Waals surface area contributed by atoms with Crippen LogP contribution in [0.15, 0.2) is 46.1 Å². The van der Waals surface area contributed by atoms with Gasteiger partial charge in [-0.2, -0.15) is 0 Å². The molecular weight excluding hydrogens is 278 g/mol. The lowest BCUT2D eigenvalue weighted by molar-refractivity contribution is -0.115. The van der Waals surface area contributed by atoms with Crippen molar-refractivity contribution >= 4 is 27.5 Å². The predicted molar refractivity (Wildman–Crippen MR) is 74.9 cm³/mol. The number of amides is 1. The van der Waals surface area contributed by atoms with E-state index < -0.39 is 0 Å². The molecule has 0 spiro atoms. The Bertz CT molecular complexity index is 442. The minimum Gasteiger partial charge on any atom is -0.326 e. The van der Waals surface area contributed by atoms with Gasteiger partial charge in [-0.05, 0) is 49.3 Å². The molecule has 17 heavy (non-hydrogen) atoms. The van der Waals surface area contributed by atoms with Crippen molar-refractivity contribution in [3.63, 3.8) is 0 Å². The highest BCUT2D eigenvalue weighted by atomic mass is 79.9. The van der Waals surface area contributed by atoms with E-state index in [9.17, 15) is 4.79 Å². The summed E-state index contributed by atoms with van der Waals surface area (Å²) in [5.74, 6) is -0.0243. The number of hydrogen-bond acceptors (Lipinski definition) is 1. The molecule has 1 amide bonds. The average Bonchev–Trinajstić information content (AvgIpc) is 2.32. The van der Waals surface area contributed by atoms with Gasteiger partial charge < -0.3 is 5.32 Å². The zero-order valence-corrected chi connectivity index (χ0v) is 11.7. The number of rotatable bonds is 4. The molecule has 0 aliphatic carbocycles. The largest absolute Gasteiger partial charge is 0.326 e. The Hall–Kier alpha value is -1.31. The van der Waals surface area contributed by atoms with Crippen molar-refractivity contribution in [2.45, 2.75) is 26.7 Å². The monoisotopic (exact) mass is 293 g/mol. The van der Waals surface area contributed by atoms with Crippen LogP contribution in [0, 0.1) is 0 Å². The Balaban J connectivity index is 2.50. The molecule has 0 heterocycles. The van der Waals surface area contributed by atoms with Gasteiger partial charge in [0.2, 0.25) is 5.91 Å². The van der Waals surface area contributed by atoms with Crippen LogP contribution in [0.3, 0.4) is 0 Å². The molecule has 0 fully saturated rings. The van der Waals surface area contributed by atoms with E-state index in [-0.39, 0.29) is 5.91 Å². The Labute approximate surface area is 111 Å². The lowest BCUT2D eigenvalue weighted by atomic mass is 10.2. The lowest BCUT2D eigenvalue weighted by Gasteiger charge is -2.02. The molecule has 0 aliphatic rings. The van der Waals surface area contributed by atoms with Gasteiger partial charge in [-0.3, -0.25) is 4.79 Å². The molecule has 0 unspecified atom stereocenters. The smallest absolute Gasteiger partial charge is 0.228 e. The highest BCUT2D eigenvalue weighted by molar-refractivity contribution is 9.10. The van der Waals surface area contributed by atoms with Crippen LogP contribution in [0.1, 0.15) is 26.7 Å². The molecule has 0 saturated heterocycles. The van der Waals surface area contributed by atoms with E-state index in [0.717, 1.165) is 22.2 Å². The van der Waals surface area contributed by atoms with Crippen LogP contribution in [-0.2, 0) is 4.79 Å². The van der Waals surface area contributed by atoms with Gasteiger partial charge in [0.1, 0.15) is 0 Å². The maximum atomic E-state index is 11.6. The first-order valence-corrected chi connectivity index (χ1v) is 6.37. The Morgan fingerprint density at radius 2 is 2.06 bits per heavy atom. The Morgan fingerprint density at radius 3 is 2.65 bits per heavy atom. The van der Waals surface area contributed by atoms with Crippen LogP contribution in [0.25, 0.3) is 0 Å². The van der Waals surface area contributed by atoms with Crippen molar-refractivity contribution in [2.75, 3.05) is 5.32 Å². The summed E-state index contributed by atoms with van der Waals surface area (Å²) in [5, 5.41) is 2.82. The second kappa shape index (κ2) is 7.10. The fourth-order valence-corrected chi connectivity index (χ4v) is 1.43. The maximum absolute atomic E-state index is 11.6. The molecule has 0 radical (unpaired) electrons. The van der Waals surface area contributed by atoms with Gasteiger partial charge in [0.25, 0.3) is 0 Å². The first-order chi connectivity index (χ1) is 8.11. The molecule has 2 nitrogen and oxygen atoms in total. The number of hydrogen-bond donors (Lipinski definition) is 1. The zero-order valence-electron chi connectivity index (χ0n) is 10.1. The fraction of sp³-hybridized carbons (Fsp3) is 0.286. The van der Waals surface area contributed by atoms with Crippen LogP contribution >= 0.6 is 15.9 Å². The molecule has 1 rings (SSSR count). The molecule has 0 atom stereocenters. The third-order valence-corrected chi connectivity index (χ3v) is 2.82. The van der Waals surface area contributed by atoms with E-state index in [2.05, 4.69) is 33.9 Å². The summed E-state index contributed by atoms with van der Waals surface area (Å²) in [7, 11) is 0. The summed E-state index contributed by atoms with van der Waals surface area (Å²) in [5.41, 5.74) is 5.04. The van der Waals surface area contributed by atoms with E-state index in [4.69, 9.17) is 0 Å². The van der Waals surface area contributed by atoms with Gasteiger partial charge >= 0.3 is 0 Å². The van der Waals surface area contributed by atoms with Gasteiger partial charge in [0, 0.05) is 10.2 Å². The molecule has 3 heteroatoms. The molecule has 1 N–H and O–H groups in total. The van der Waals surface area contributed by atoms with Crippen LogP contribution in [0.4, 0.5) is 5.69 Å². The van der Waals surface area contributed by atoms with Gasteiger partial charge in [0.05, 0.1) is 6.42 Å². The average molecular weight is 294 g/mol. The van der Waals surface area contributed by atoms with Gasteiger partial charge in [-0.15, -0.1) is 5.73 Å². The summed E-state index contributed by atoms with van der Waals surface area (Å²) in [6.45, 7) is 4.07. The highest BCUT2D eigenvalue weighted by Crippen LogP contribution is 2.14. The van der Waals surface area contributed by atoms with Crippen LogP contribution in [0.5, 0.6) is 0 Å². The summed E-state index contributed by atoms with van der Waals surface area (Å²) in [4.78, 5) is 11.6. The predicted octanol–water partition coefficient (Wildman–Crippen LogP) is 4.29. The molecule has 1 aromatic rings. The number of anilines is 1. The van der Waals surface area contributed by atoms with Gasteiger partial charge in [0.15, 0.2) is 0 Å². The lowest BCUT2D eigenvalue weighted by Crippen LogP contribution is -2.09. The number of benzene rings is 1. The third kappa shape index (κ3) is 5.53. The molecular formula is C14H16BrNO. The van der Waals surface area contributed by atoms with Crippen molar-refractivity contribution in [1.82, 2.24) is 0 Å². The quantitative estimate of drug-likeness (QED) is 0.825. The number of halogens is 1. The van der Waals surface area contributed by atoms with Gasteiger partial charge in [-0.25, -0.2) is 0 Å². The molecule has 0 bridgehead atoms. The number of nitrogens with one attached hydrogen (secondary N) is 1. The number of carbonyl (C=O) groups excluding carboxylic acids is 1. The standard InChI is InChI=1S/C14H16BrNO/c1-3-11(2)5-4-6-14(17)16-13-9-7-12(15)8-10-13/h4,7-10H,3,6H2,1-2H3,(H,16,17). The first-order valence-electron chi connectivity index (χ1n) is 5.58. The van der Waals surface area contributed by atoms with Gasteiger partial charge in [-0.1, -0.05) is 22.9 Å². The fourth-order valence-electron chi connectivity index (χ4n) is 1.17. The molecule has 1 aromatic carbocycles. The van der Waals surface area contributed by atoms with Crippen LogP contribution in [-0.4, -0.2) is 5.91 Å². The number of carbonyl (C=O) groups is 1. The zero-order chi connectivity index (χ0) is 12.7. The summed E-state index contributed by atoms with van der Waals surface area (Å²) in [6, 6.07) is 7.51. The second-order valence-electron chi connectivity index (χ2n) is 3.74. The van der Waals surface area contributed by atoms with Crippen molar-refractivity contribution in [2.24, 2.45) is 0 Å². The van der Waals surface area contributed by atoms with Crippen LogP contribution in [0.2, 0.25) is 0 Å². The summed E-state index contributed by atoms with van der Waals surface area (Å²) < 4.78 is 0.997. The third-order valence-electron chi connectivity index (χ3n) is 2.29. The van der Waals surface area contributed by atoms with E-state index in [1.165, 1.54) is 0 Å². The van der Waals surface area contributed by atoms with Crippen molar-refractivity contribution in [3.05, 3.63) is 46.1 Å². The second-order valence-corrected chi connectivity index (χ2v) is 4.66. The normalized spacial score (nSPS) is 9.35. The van der Waals surface area contributed by atoms with Crippen molar-refractivity contribution in [3.8, 4) is 0 Å².